The van der Waals surface area contributed by atoms with Crippen molar-refractivity contribution in [2.24, 2.45) is 17.8 Å². The zero-order chi connectivity index (χ0) is 16.7. The molecule has 0 bridgehead atoms. The van der Waals surface area contributed by atoms with E-state index >= 15 is 0 Å². The molecule has 0 aromatic heterocycles. The minimum Gasteiger partial charge on any atom is -0.496 e. The van der Waals surface area contributed by atoms with E-state index in [9.17, 15) is 14.7 Å². The van der Waals surface area contributed by atoms with E-state index < -0.39 is 5.97 Å². The molecule has 0 amide bonds. The molecule has 2 aliphatic carbocycles. The Morgan fingerprint density at radius 3 is 2.43 bits per heavy atom. The lowest BCUT2D eigenvalue weighted by molar-refractivity contribution is -0.120. The van der Waals surface area contributed by atoms with Crippen molar-refractivity contribution in [1.29, 1.82) is 0 Å². The summed E-state index contributed by atoms with van der Waals surface area (Å²) in [5.74, 6) is 1.34. The van der Waals surface area contributed by atoms with Gasteiger partial charge in [-0.05, 0) is 36.8 Å². The van der Waals surface area contributed by atoms with Gasteiger partial charge in [0, 0.05) is 17.6 Å². The van der Waals surface area contributed by atoms with Gasteiger partial charge in [-0.2, -0.15) is 0 Å². The van der Waals surface area contributed by atoms with Crippen molar-refractivity contribution in [3.05, 3.63) is 17.7 Å². The van der Waals surface area contributed by atoms with Crippen LogP contribution in [0.5, 0.6) is 11.5 Å². The van der Waals surface area contributed by atoms with Crippen LogP contribution in [-0.4, -0.2) is 30.1 Å². The van der Waals surface area contributed by atoms with E-state index in [1.54, 1.807) is 6.07 Å². The fraction of sp³-hybridized carbons (Fsp3) is 0.529. The number of methoxy groups -OCH3 is 1. The summed E-state index contributed by atoms with van der Waals surface area (Å²) in [5, 5.41) is 10.0. The molecule has 23 heavy (non-hydrogen) atoms. The summed E-state index contributed by atoms with van der Waals surface area (Å²) in [5.41, 5.74) is 0.0934. The lowest BCUT2D eigenvalue weighted by Gasteiger charge is -2.19. The normalized spacial score (nSPS) is 28.1. The number of Topliss-reactive ketones (excluding diaryl/α,β-unsaturated/α-hetero) is 1. The molecule has 3 rings (SSSR count). The Morgan fingerprint density at radius 1 is 1.26 bits per heavy atom. The third kappa shape index (κ3) is 2.94. The maximum absolute atomic E-state index is 11.8. The molecular formula is C17H21O5P. The minimum atomic E-state index is -1.04. The van der Waals surface area contributed by atoms with Crippen molar-refractivity contribution in [2.75, 3.05) is 7.11 Å². The number of carboxylic acid groups (broad SMARTS) is 1. The SMILES string of the molecule is CCC(=O)[C@H]1[C@@H]2C[C@H](Oc3cc(C(=O)O)c(OC)cc3P)C[C@@H]21. The van der Waals surface area contributed by atoms with E-state index in [1.165, 1.54) is 13.2 Å². The van der Waals surface area contributed by atoms with Crippen molar-refractivity contribution in [2.45, 2.75) is 32.3 Å². The molecule has 5 atom stereocenters. The van der Waals surface area contributed by atoms with Crippen LogP contribution in [0, 0.1) is 17.8 Å². The molecule has 2 saturated carbocycles. The first-order valence-electron chi connectivity index (χ1n) is 7.86. The van der Waals surface area contributed by atoms with Crippen LogP contribution in [0.25, 0.3) is 0 Å². The minimum absolute atomic E-state index is 0.0558. The Bertz CT molecular complexity index is 645. The first kappa shape index (κ1) is 16.3. The summed E-state index contributed by atoms with van der Waals surface area (Å²) in [6.07, 6.45) is 2.42. The van der Waals surface area contributed by atoms with Crippen LogP contribution in [0.3, 0.4) is 0 Å². The quantitative estimate of drug-likeness (QED) is 0.807. The average Bonchev–Trinajstić information content (AvgIpc) is 3.03. The van der Waals surface area contributed by atoms with Gasteiger partial charge < -0.3 is 14.6 Å². The van der Waals surface area contributed by atoms with E-state index in [1.807, 2.05) is 6.92 Å². The maximum Gasteiger partial charge on any atom is 0.339 e. The van der Waals surface area contributed by atoms with Crippen LogP contribution in [0.4, 0.5) is 0 Å². The Labute approximate surface area is 137 Å². The predicted octanol–water partition coefficient (Wildman–Crippen LogP) is 2.28. The lowest BCUT2D eigenvalue weighted by atomic mass is 10.0. The predicted molar refractivity (Wildman–Crippen MR) is 88.7 cm³/mol. The number of hydrogen-bond acceptors (Lipinski definition) is 4. The molecule has 5 nitrogen and oxygen atoms in total. The molecule has 0 heterocycles. The molecule has 2 aliphatic rings. The molecule has 0 saturated heterocycles. The molecule has 124 valence electrons. The van der Waals surface area contributed by atoms with Crippen LogP contribution in [0.1, 0.15) is 36.5 Å². The molecule has 1 unspecified atom stereocenters. The molecule has 1 aromatic rings. The largest absolute Gasteiger partial charge is 0.496 e. The fourth-order valence-electron chi connectivity index (χ4n) is 3.79. The zero-order valence-electron chi connectivity index (χ0n) is 13.2. The topological polar surface area (TPSA) is 72.8 Å². The number of hydrogen-bond donors (Lipinski definition) is 1. The number of ketones is 1. The monoisotopic (exact) mass is 336 g/mol. The van der Waals surface area contributed by atoms with Gasteiger partial charge in [0.2, 0.25) is 0 Å². The second kappa shape index (κ2) is 6.12. The summed E-state index contributed by atoms with van der Waals surface area (Å²) in [6.45, 7) is 1.91. The van der Waals surface area contributed by atoms with Gasteiger partial charge in [-0.1, -0.05) is 6.92 Å². The number of aromatic carboxylic acids is 1. The molecule has 0 aliphatic heterocycles. The lowest BCUT2D eigenvalue weighted by Crippen LogP contribution is -2.20. The van der Waals surface area contributed by atoms with Crippen LogP contribution < -0.4 is 14.8 Å². The molecule has 0 radical (unpaired) electrons. The number of fused-ring (bicyclic) bond motifs is 1. The van der Waals surface area contributed by atoms with E-state index in [0.717, 1.165) is 18.1 Å². The highest BCUT2D eigenvalue weighted by Gasteiger charge is 2.59. The van der Waals surface area contributed by atoms with Gasteiger partial charge >= 0.3 is 5.97 Å². The maximum atomic E-state index is 11.8. The molecule has 1 aromatic carbocycles. The smallest absolute Gasteiger partial charge is 0.339 e. The number of carbonyl (C=O) groups is 2. The number of ether oxygens (including phenoxy) is 2. The van der Waals surface area contributed by atoms with E-state index in [-0.39, 0.29) is 17.6 Å². The van der Waals surface area contributed by atoms with Crippen molar-refractivity contribution in [3.63, 3.8) is 0 Å². The first-order chi connectivity index (χ1) is 11.0. The summed E-state index contributed by atoms with van der Waals surface area (Å²) < 4.78 is 11.1. The zero-order valence-corrected chi connectivity index (χ0v) is 14.4. The van der Waals surface area contributed by atoms with Gasteiger partial charge in [-0.15, -0.1) is 9.24 Å². The average molecular weight is 336 g/mol. The Morgan fingerprint density at radius 2 is 1.91 bits per heavy atom. The van der Waals surface area contributed by atoms with Crippen LogP contribution in [-0.2, 0) is 4.79 Å². The van der Waals surface area contributed by atoms with Gasteiger partial charge in [-0.25, -0.2) is 4.79 Å². The molecular weight excluding hydrogens is 315 g/mol. The number of benzene rings is 1. The molecule has 0 spiro atoms. The second-order valence-corrected chi connectivity index (χ2v) is 6.90. The summed E-state index contributed by atoms with van der Waals surface area (Å²) >= 11 is 0. The third-order valence-corrected chi connectivity index (χ3v) is 5.43. The second-order valence-electron chi connectivity index (χ2n) is 6.28. The van der Waals surface area contributed by atoms with E-state index in [2.05, 4.69) is 9.24 Å². The van der Waals surface area contributed by atoms with Crippen molar-refractivity contribution in [1.82, 2.24) is 0 Å². The highest BCUT2D eigenvalue weighted by Crippen LogP contribution is 2.58. The summed E-state index contributed by atoms with van der Waals surface area (Å²) in [7, 11) is 4.00. The number of carbonyl (C=O) groups excluding carboxylic acids is 1. The summed E-state index contributed by atoms with van der Waals surface area (Å²) in [4.78, 5) is 23.1. The van der Waals surface area contributed by atoms with Crippen molar-refractivity contribution in [3.8, 4) is 11.5 Å². The Balaban J connectivity index is 1.70. The van der Waals surface area contributed by atoms with Crippen molar-refractivity contribution < 1.29 is 24.2 Å². The third-order valence-electron chi connectivity index (χ3n) is 4.98. The Kier molecular flexibility index (Phi) is 4.33. The number of carboxylic acids is 1. The van der Waals surface area contributed by atoms with E-state index in [0.29, 0.717) is 35.5 Å². The van der Waals surface area contributed by atoms with Gasteiger partial charge in [-0.3, -0.25) is 4.79 Å². The molecule has 6 heteroatoms. The van der Waals surface area contributed by atoms with Crippen LogP contribution in [0.2, 0.25) is 0 Å². The van der Waals surface area contributed by atoms with Gasteiger partial charge in [0.1, 0.15) is 22.8 Å². The van der Waals surface area contributed by atoms with Gasteiger partial charge in [0.05, 0.1) is 13.2 Å². The van der Waals surface area contributed by atoms with Gasteiger partial charge in [0.25, 0.3) is 0 Å². The fourth-order valence-corrected chi connectivity index (χ4v) is 4.10. The van der Waals surface area contributed by atoms with Crippen molar-refractivity contribution >= 4 is 26.3 Å². The molecule has 1 N–H and O–H groups in total. The number of rotatable bonds is 6. The Hall–Kier alpha value is -1.61. The standard InChI is InChI=1S/C17H21O5P/c1-3-12(18)16-9-4-8(5-10(9)16)22-14-6-11(17(19)20)13(21-2)7-15(14)23/h6-10,16H,3-5,23H2,1-2H3,(H,19,20)/t8-,9+,10-,16-. The highest BCUT2D eigenvalue weighted by molar-refractivity contribution is 7.27. The molecule has 2 fully saturated rings. The van der Waals surface area contributed by atoms with Crippen LogP contribution >= 0.6 is 9.24 Å². The van der Waals surface area contributed by atoms with E-state index in [4.69, 9.17) is 9.47 Å². The van der Waals surface area contributed by atoms with Gasteiger partial charge in [0.15, 0.2) is 0 Å². The first-order valence-corrected chi connectivity index (χ1v) is 8.44. The highest BCUT2D eigenvalue weighted by atomic mass is 31.0. The summed E-state index contributed by atoms with van der Waals surface area (Å²) in [6, 6.07) is 3.17. The van der Waals surface area contributed by atoms with Crippen LogP contribution in [0.15, 0.2) is 12.1 Å².